The monoisotopic (exact) mass is 353 g/mol. The molecule has 0 saturated heterocycles. The van der Waals surface area contributed by atoms with Gasteiger partial charge < -0.3 is 10.4 Å². The summed E-state index contributed by atoms with van der Waals surface area (Å²) in [5.74, 6) is -0.128. The molecule has 0 aliphatic rings. The molecule has 1 unspecified atom stereocenters. The third-order valence-electron chi connectivity index (χ3n) is 3.10. The Bertz CT molecular complexity index is 651. The summed E-state index contributed by atoms with van der Waals surface area (Å²) in [4.78, 5) is 14.6. The molecule has 2 rings (SSSR count). The molecule has 1 amide bonds. The van der Waals surface area contributed by atoms with Gasteiger partial charge in [0.05, 0.1) is 10.5 Å². The molecule has 2 N–H and O–H groups in total. The molecule has 2 aromatic rings. The van der Waals surface area contributed by atoms with E-state index in [0.29, 0.717) is 10.0 Å². The molecule has 1 aromatic carbocycles. The minimum absolute atomic E-state index is 0.0572. The third kappa shape index (κ3) is 3.22. The van der Waals surface area contributed by atoms with Crippen molar-refractivity contribution in [1.29, 1.82) is 0 Å². The standard InChI is InChI=1S/C15H16BrNO2S/c1-8-6-12(10(3)20-8)9(2)17-15(19)11-4-5-13(16)14(18)7-11/h4-7,9,18H,1-3H3,(H,17,19). The number of amides is 1. The number of hydrogen-bond donors (Lipinski definition) is 2. The highest BCUT2D eigenvalue weighted by Gasteiger charge is 2.15. The van der Waals surface area contributed by atoms with Crippen molar-refractivity contribution in [1.82, 2.24) is 5.32 Å². The van der Waals surface area contributed by atoms with Gasteiger partial charge in [0.25, 0.3) is 5.91 Å². The second-order valence-electron chi connectivity index (χ2n) is 4.73. The van der Waals surface area contributed by atoms with Gasteiger partial charge in [0.1, 0.15) is 5.75 Å². The molecule has 0 fully saturated rings. The van der Waals surface area contributed by atoms with Crippen molar-refractivity contribution in [2.75, 3.05) is 0 Å². The van der Waals surface area contributed by atoms with Crippen LogP contribution < -0.4 is 5.32 Å². The van der Waals surface area contributed by atoms with Gasteiger partial charge in [0, 0.05) is 15.3 Å². The molecule has 0 saturated carbocycles. The predicted molar refractivity (Wildman–Crippen MR) is 85.5 cm³/mol. The number of nitrogens with one attached hydrogen (secondary N) is 1. The Hall–Kier alpha value is -1.33. The molecule has 5 heteroatoms. The summed E-state index contributed by atoms with van der Waals surface area (Å²) in [7, 11) is 0. The van der Waals surface area contributed by atoms with Crippen LogP contribution in [0.3, 0.4) is 0 Å². The Morgan fingerprint density at radius 2 is 2.05 bits per heavy atom. The van der Waals surface area contributed by atoms with Gasteiger partial charge >= 0.3 is 0 Å². The fourth-order valence-corrected chi connectivity index (χ4v) is 3.36. The highest BCUT2D eigenvalue weighted by atomic mass is 79.9. The van der Waals surface area contributed by atoms with E-state index in [1.165, 1.54) is 15.8 Å². The van der Waals surface area contributed by atoms with E-state index in [0.717, 1.165) is 5.56 Å². The average Bonchev–Trinajstić information content (AvgIpc) is 2.71. The minimum Gasteiger partial charge on any atom is -0.507 e. The lowest BCUT2D eigenvalue weighted by molar-refractivity contribution is 0.0939. The molecule has 1 aromatic heterocycles. The molecule has 0 aliphatic carbocycles. The van der Waals surface area contributed by atoms with Crippen LogP contribution in [0.5, 0.6) is 5.75 Å². The zero-order chi connectivity index (χ0) is 14.9. The second-order valence-corrected chi connectivity index (χ2v) is 7.04. The van der Waals surface area contributed by atoms with E-state index in [4.69, 9.17) is 0 Å². The zero-order valence-corrected chi connectivity index (χ0v) is 13.9. The van der Waals surface area contributed by atoms with E-state index in [1.54, 1.807) is 23.5 Å². The van der Waals surface area contributed by atoms with Crippen LogP contribution in [0.4, 0.5) is 0 Å². The Balaban J connectivity index is 2.15. The molecular formula is C15H16BrNO2S. The molecular weight excluding hydrogens is 338 g/mol. The minimum atomic E-state index is -0.191. The van der Waals surface area contributed by atoms with Gasteiger partial charge in [-0.25, -0.2) is 0 Å². The van der Waals surface area contributed by atoms with Crippen molar-refractivity contribution in [3.63, 3.8) is 0 Å². The van der Waals surface area contributed by atoms with Gasteiger partial charge in [-0.15, -0.1) is 11.3 Å². The Labute approximate surface area is 130 Å². The summed E-state index contributed by atoms with van der Waals surface area (Å²) in [5.41, 5.74) is 1.59. The Morgan fingerprint density at radius 3 is 2.60 bits per heavy atom. The van der Waals surface area contributed by atoms with Crippen LogP contribution in [-0.2, 0) is 0 Å². The second kappa shape index (κ2) is 5.97. The smallest absolute Gasteiger partial charge is 0.251 e. The number of carbonyl (C=O) groups is 1. The number of carbonyl (C=O) groups excluding carboxylic acids is 1. The van der Waals surface area contributed by atoms with Crippen LogP contribution in [0.1, 0.15) is 38.6 Å². The molecule has 1 atom stereocenters. The average molecular weight is 354 g/mol. The molecule has 0 radical (unpaired) electrons. The first-order valence-corrected chi connectivity index (χ1v) is 7.85. The number of rotatable bonds is 3. The largest absolute Gasteiger partial charge is 0.507 e. The SMILES string of the molecule is Cc1cc(C(C)NC(=O)c2ccc(Br)c(O)c2)c(C)s1. The molecule has 3 nitrogen and oxygen atoms in total. The maximum Gasteiger partial charge on any atom is 0.251 e. The van der Waals surface area contributed by atoms with E-state index < -0.39 is 0 Å². The third-order valence-corrected chi connectivity index (χ3v) is 4.75. The van der Waals surface area contributed by atoms with Crippen LogP contribution in [0, 0.1) is 13.8 Å². The Morgan fingerprint density at radius 1 is 1.35 bits per heavy atom. The number of benzene rings is 1. The van der Waals surface area contributed by atoms with Gasteiger partial charge in [0.2, 0.25) is 0 Å². The highest BCUT2D eigenvalue weighted by molar-refractivity contribution is 9.10. The lowest BCUT2D eigenvalue weighted by Gasteiger charge is -2.14. The summed E-state index contributed by atoms with van der Waals surface area (Å²) >= 11 is 4.93. The Kier molecular flexibility index (Phi) is 4.50. The highest BCUT2D eigenvalue weighted by Crippen LogP contribution is 2.27. The van der Waals surface area contributed by atoms with Gasteiger partial charge in [-0.1, -0.05) is 0 Å². The molecule has 1 heterocycles. The quantitative estimate of drug-likeness (QED) is 0.862. The maximum atomic E-state index is 12.2. The lowest BCUT2D eigenvalue weighted by atomic mass is 10.1. The molecule has 0 spiro atoms. The molecule has 0 bridgehead atoms. The summed E-state index contributed by atoms with van der Waals surface area (Å²) in [5, 5.41) is 12.6. The van der Waals surface area contributed by atoms with Crippen LogP contribution in [0.2, 0.25) is 0 Å². The number of hydrogen-bond acceptors (Lipinski definition) is 3. The van der Waals surface area contributed by atoms with Crippen LogP contribution in [0.25, 0.3) is 0 Å². The van der Waals surface area contributed by atoms with Crippen molar-refractivity contribution in [3.8, 4) is 5.75 Å². The summed E-state index contributed by atoms with van der Waals surface area (Å²) in [6, 6.07) is 6.84. The van der Waals surface area contributed by atoms with Crippen LogP contribution in [-0.4, -0.2) is 11.0 Å². The molecule has 106 valence electrons. The van der Waals surface area contributed by atoms with Gasteiger partial charge in [0.15, 0.2) is 0 Å². The van der Waals surface area contributed by atoms with Crippen molar-refractivity contribution in [2.24, 2.45) is 0 Å². The van der Waals surface area contributed by atoms with Crippen LogP contribution in [0.15, 0.2) is 28.7 Å². The van der Waals surface area contributed by atoms with Crippen molar-refractivity contribution >= 4 is 33.2 Å². The number of thiophene rings is 1. The van der Waals surface area contributed by atoms with Gasteiger partial charge in [-0.3, -0.25) is 4.79 Å². The molecule has 0 aliphatic heterocycles. The van der Waals surface area contributed by atoms with Crippen molar-refractivity contribution in [2.45, 2.75) is 26.8 Å². The summed E-state index contributed by atoms with van der Waals surface area (Å²) in [6.45, 7) is 6.08. The van der Waals surface area contributed by atoms with Gasteiger partial charge in [-0.2, -0.15) is 0 Å². The first-order valence-electron chi connectivity index (χ1n) is 6.25. The number of aromatic hydroxyl groups is 1. The fourth-order valence-electron chi connectivity index (χ4n) is 2.09. The van der Waals surface area contributed by atoms with E-state index in [2.05, 4.69) is 41.2 Å². The molecule has 20 heavy (non-hydrogen) atoms. The summed E-state index contributed by atoms with van der Waals surface area (Å²) < 4.78 is 0.575. The van der Waals surface area contributed by atoms with E-state index >= 15 is 0 Å². The normalized spacial score (nSPS) is 12.2. The van der Waals surface area contributed by atoms with Crippen molar-refractivity contribution in [3.05, 3.63) is 49.6 Å². The van der Waals surface area contributed by atoms with E-state index in [1.807, 2.05) is 6.92 Å². The predicted octanol–water partition coefficient (Wildman–Crippen LogP) is 4.32. The van der Waals surface area contributed by atoms with Crippen molar-refractivity contribution < 1.29 is 9.90 Å². The number of aryl methyl sites for hydroxylation is 2. The number of phenols is 1. The maximum absolute atomic E-state index is 12.2. The van der Waals surface area contributed by atoms with Gasteiger partial charge in [-0.05, 0) is 66.5 Å². The van der Waals surface area contributed by atoms with E-state index in [-0.39, 0.29) is 17.7 Å². The van der Waals surface area contributed by atoms with Crippen LogP contribution >= 0.6 is 27.3 Å². The van der Waals surface area contributed by atoms with E-state index in [9.17, 15) is 9.90 Å². The first kappa shape index (κ1) is 15.1. The number of halogens is 1. The fraction of sp³-hybridized carbons (Fsp3) is 0.267. The topological polar surface area (TPSA) is 49.3 Å². The first-order chi connectivity index (χ1) is 9.38. The summed E-state index contributed by atoms with van der Waals surface area (Å²) in [6.07, 6.45) is 0. The zero-order valence-electron chi connectivity index (χ0n) is 11.5. The number of phenolic OH excluding ortho intramolecular Hbond substituents is 1. The lowest BCUT2D eigenvalue weighted by Crippen LogP contribution is -2.26.